The van der Waals surface area contributed by atoms with E-state index < -0.39 is 0 Å². The van der Waals surface area contributed by atoms with Crippen LogP contribution in [0.2, 0.25) is 0 Å². The Morgan fingerprint density at radius 2 is 2.07 bits per heavy atom. The molecule has 1 heterocycles. The maximum absolute atomic E-state index is 11.7. The van der Waals surface area contributed by atoms with Gasteiger partial charge < -0.3 is 9.73 Å². The fraction of sp³-hybridized carbons (Fsp3) is 0.545. The van der Waals surface area contributed by atoms with Gasteiger partial charge in [0, 0.05) is 6.04 Å². The predicted molar refractivity (Wildman–Crippen MR) is 65.8 cm³/mol. The monoisotopic (exact) mass is 319 g/mol. The van der Waals surface area contributed by atoms with Crippen LogP contribution < -0.4 is 5.32 Å². The fourth-order valence-electron chi connectivity index (χ4n) is 1.94. The van der Waals surface area contributed by atoms with Gasteiger partial charge in [-0.2, -0.15) is 0 Å². The first-order valence-electron chi connectivity index (χ1n) is 5.32. The Balaban J connectivity index is 1.91. The Hall–Kier alpha value is -0.520. The van der Waals surface area contributed by atoms with Gasteiger partial charge in [-0.3, -0.25) is 4.79 Å². The van der Waals surface area contributed by atoms with E-state index in [1.807, 2.05) is 0 Å². The van der Waals surface area contributed by atoms with Crippen LogP contribution in [0.25, 0.3) is 0 Å². The summed E-state index contributed by atoms with van der Waals surface area (Å²) in [6, 6.07) is 3.87. The molecule has 1 aliphatic carbocycles. The molecule has 1 aromatic heterocycles. The Bertz CT molecular complexity index is 342. The molecule has 1 N–H and O–H groups in total. The van der Waals surface area contributed by atoms with E-state index in [1.165, 1.54) is 19.3 Å². The Morgan fingerprint density at radius 1 is 1.33 bits per heavy atom. The van der Waals surface area contributed by atoms with E-state index in [-0.39, 0.29) is 5.91 Å². The summed E-state index contributed by atoms with van der Waals surface area (Å²) in [6.45, 7) is 0. The second-order valence-corrected chi connectivity index (χ2v) is 4.98. The van der Waals surface area contributed by atoms with Crippen LogP contribution in [-0.4, -0.2) is 11.9 Å². The van der Waals surface area contributed by atoms with Gasteiger partial charge in [0.05, 0.1) is 0 Å². The second kappa shape index (κ2) is 5.01. The minimum Gasteiger partial charge on any atom is -0.445 e. The van der Waals surface area contributed by atoms with Crippen molar-refractivity contribution in [2.24, 2.45) is 0 Å². The van der Waals surface area contributed by atoms with E-state index in [2.05, 4.69) is 27.9 Å². The summed E-state index contributed by atoms with van der Waals surface area (Å²) in [6.07, 6.45) is 5.94. The van der Waals surface area contributed by atoms with Crippen LogP contribution in [0.3, 0.4) is 0 Å². The van der Waals surface area contributed by atoms with Crippen molar-refractivity contribution in [2.75, 3.05) is 0 Å². The molecule has 4 heteroatoms. The minimum atomic E-state index is -0.0789. The number of carbonyl (C=O) groups is 1. The summed E-state index contributed by atoms with van der Waals surface area (Å²) >= 11 is 2.06. The molecular weight excluding hydrogens is 305 g/mol. The lowest BCUT2D eigenvalue weighted by Gasteiger charge is -2.22. The zero-order valence-corrected chi connectivity index (χ0v) is 10.6. The molecule has 0 spiro atoms. The van der Waals surface area contributed by atoms with E-state index >= 15 is 0 Å². The first-order valence-corrected chi connectivity index (χ1v) is 6.40. The number of hydrogen-bond acceptors (Lipinski definition) is 2. The highest BCUT2D eigenvalue weighted by Gasteiger charge is 2.18. The molecule has 82 valence electrons. The number of carbonyl (C=O) groups excluding carboxylic acids is 1. The minimum absolute atomic E-state index is 0.0789. The summed E-state index contributed by atoms with van der Waals surface area (Å²) in [5, 5.41) is 3.01. The summed E-state index contributed by atoms with van der Waals surface area (Å²) in [7, 11) is 0. The van der Waals surface area contributed by atoms with E-state index in [0.717, 1.165) is 16.6 Å². The molecule has 1 aliphatic rings. The lowest BCUT2D eigenvalue weighted by atomic mass is 9.95. The van der Waals surface area contributed by atoms with Crippen molar-refractivity contribution in [1.82, 2.24) is 5.32 Å². The largest absolute Gasteiger partial charge is 0.445 e. The van der Waals surface area contributed by atoms with Crippen LogP contribution in [0, 0.1) is 3.77 Å². The van der Waals surface area contributed by atoms with Gasteiger partial charge in [-0.1, -0.05) is 19.3 Å². The maximum atomic E-state index is 11.7. The van der Waals surface area contributed by atoms with Crippen LogP contribution in [0.1, 0.15) is 42.7 Å². The van der Waals surface area contributed by atoms with Gasteiger partial charge in [0.15, 0.2) is 9.53 Å². The molecule has 0 aromatic carbocycles. The molecule has 1 aromatic rings. The normalized spacial score (nSPS) is 17.7. The molecule has 3 nitrogen and oxygen atoms in total. The third-order valence-electron chi connectivity index (χ3n) is 2.74. The molecule has 1 amide bonds. The quantitative estimate of drug-likeness (QED) is 0.852. The van der Waals surface area contributed by atoms with Gasteiger partial charge in [-0.05, 0) is 47.6 Å². The third kappa shape index (κ3) is 2.96. The highest BCUT2D eigenvalue weighted by Crippen LogP contribution is 2.18. The number of nitrogens with one attached hydrogen (secondary N) is 1. The number of amides is 1. The van der Waals surface area contributed by atoms with Crippen molar-refractivity contribution in [2.45, 2.75) is 38.1 Å². The zero-order valence-electron chi connectivity index (χ0n) is 8.46. The van der Waals surface area contributed by atoms with Gasteiger partial charge in [0.25, 0.3) is 5.91 Å². The highest BCUT2D eigenvalue weighted by molar-refractivity contribution is 14.1. The molecule has 0 unspecified atom stereocenters. The van der Waals surface area contributed by atoms with Crippen molar-refractivity contribution in [1.29, 1.82) is 0 Å². The zero-order chi connectivity index (χ0) is 10.7. The van der Waals surface area contributed by atoms with Crippen LogP contribution in [0.4, 0.5) is 0 Å². The average molecular weight is 319 g/mol. The Kier molecular flexibility index (Phi) is 3.66. The summed E-state index contributed by atoms with van der Waals surface area (Å²) in [5.74, 6) is 0.342. The second-order valence-electron chi connectivity index (χ2n) is 3.91. The lowest BCUT2D eigenvalue weighted by Crippen LogP contribution is -2.35. The summed E-state index contributed by atoms with van der Waals surface area (Å²) < 4.78 is 6.01. The maximum Gasteiger partial charge on any atom is 0.287 e. The standard InChI is InChI=1S/C11H14INO2/c12-10-7-6-9(15-10)11(14)13-8-4-2-1-3-5-8/h6-8H,1-5H2,(H,13,14). The number of hydrogen-bond donors (Lipinski definition) is 1. The topological polar surface area (TPSA) is 42.2 Å². The first kappa shape index (κ1) is 11.0. The fourth-order valence-corrected chi connectivity index (χ4v) is 2.36. The SMILES string of the molecule is O=C(NC1CCCCC1)c1ccc(I)o1. The van der Waals surface area contributed by atoms with E-state index in [4.69, 9.17) is 4.42 Å². The average Bonchev–Trinajstić information content (AvgIpc) is 2.66. The van der Waals surface area contributed by atoms with Gasteiger partial charge in [0.1, 0.15) is 0 Å². The molecule has 0 aliphatic heterocycles. The number of furan rings is 1. The van der Waals surface area contributed by atoms with Crippen LogP contribution in [0.5, 0.6) is 0 Å². The smallest absolute Gasteiger partial charge is 0.287 e. The molecule has 0 radical (unpaired) electrons. The van der Waals surface area contributed by atoms with Crippen molar-refractivity contribution in [3.8, 4) is 0 Å². The number of rotatable bonds is 2. The Labute approximate surface area is 103 Å². The van der Waals surface area contributed by atoms with Gasteiger partial charge in [-0.15, -0.1) is 0 Å². The molecule has 0 atom stereocenters. The lowest BCUT2D eigenvalue weighted by molar-refractivity contribution is 0.0898. The molecule has 1 saturated carbocycles. The first-order chi connectivity index (χ1) is 7.25. The van der Waals surface area contributed by atoms with Crippen LogP contribution in [-0.2, 0) is 0 Å². The van der Waals surface area contributed by atoms with E-state index in [9.17, 15) is 4.79 Å². The predicted octanol–water partition coefficient (Wildman–Crippen LogP) is 2.95. The van der Waals surface area contributed by atoms with E-state index in [0.29, 0.717) is 11.8 Å². The van der Waals surface area contributed by atoms with Gasteiger partial charge in [-0.25, -0.2) is 0 Å². The van der Waals surface area contributed by atoms with Crippen molar-refractivity contribution in [3.63, 3.8) is 0 Å². The molecule has 2 rings (SSSR count). The Morgan fingerprint density at radius 3 is 2.67 bits per heavy atom. The van der Waals surface area contributed by atoms with Gasteiger partial charge in [0.2, 0.25) is 0 Å². The third-order valence-corrected chi connectivity index (χ3v) is 3.32. The highest BCUT2D eigenvalue weighted by atomic mass is 127. The molecular formula is C11H14INO2. The van der Waals surface area contributed by atoms with Crippen LogP contribution >= 0.6 is 22.6 Å². The summed E-state index contributed by atoms with van der Waals surface area (Å²) in [4.78, 5) is 11.7. The summed E-state index contributed by atoms with van der Waals surface area (Å²) in [5.41, 5.74) is 0. The van der Waals surface area contributed by atoms with Gasteiger partial charge >= 0.3 is 0 Å². The number of halogens is 1. The van der Waals surface area contributed by atoms with Crippen LogP contribution in [0.15, 0.2) is 16.5 Å². The van der Waals surface area contributed by atoms with E-state index in [1.54, 1.807) is 12.1 Å². The van der Waals surface area contributed by atoms with Crippen molar-refractivity contribution in [3.05, 3.63) is 21.7 Å². The molecule has 15 heavy (non-hydrogen) atoms. The van der Waals surface area contributed by atoms with Crippen molar-refractivity contribution < 1.29 is 9.21 Å². The van der Waals surface area contributed by atoms with Crippen molar-refractivity contribution >= 4 is 28.5 Å². The molecule has 1 fully saturated rings. The molecule has 0 saturated heterocycles. The molecule has 0 bridgehead atoms.